The molecule has 2 bridgehead atoms. The molecule has 1 aliphatic heterocycles. The number of benzene rings is 1. The van der Waals surface area contributed by atoms with E-state index in [-0.39, 0.29) is 6.10 Å². The summed E-state index contributed by atoms with van der Waals surface area (Å²) in [6.07, 6.45) is 8.65. The first-order valence-corrected chi connectivity index (χ1v) is 8.64. The molecule has 2 aliphatic rings. The van der Waals surface area contributed by atoms with Crippen molar-refractivity contribution in [3.8, 4) is 0 Å². The minimum atomic E-state index is 0.253. The first-order valence-electron chi connectivity index (χ1n) is 8.64. The van der Waals surface area contributed by atoms with Crippen molar-refractivity contribution in [3.05, 3.63) is 59.2 Å². The van der Waals surface area contributed by atoms with E-state index in [1.165, 1.54) is 24.0 Å². The van der Waals surface area contributed by atoms with Gasteiger partial charge in [0.05, 0.1) is 12.7 Å². The fourth-order valence-corrected chi connectivity index (χ4v) is 3.95. The van der Waals surface area contributed by atoms with Crippen LogP contribution in [0.4, 0.5) is 0 Å². The number of ether oxygens (including phenoxy) is 1. The minimum Gasteiger partial charge on any atom is -0.373 e. The van der Waals surface area contributed by atoms with Gasteiger partial charge in [-0.2, -0.15) is 0 Å². The summed E-state index contributed by atoms with van der Waals surface area (Å²) in [5.41, 5.74) is 4.36. The zero-order valence-electron chi connectivity index (χ0n) is 14.1. The van der Waals surface area contributed by atoms with Crippen LogP contribution < -0.4 is 0 Å². The van der Waals surface area contributed by atoms with E-state index in [4.69, 9.17) is 4.74 Å². The summed E-state index contributed by atoms with van der Waals surface area (Å²) < 4.78 is 6.30. The molecule has 0 unspecified atom stereocenters. The molecule has 2 fully saturated rings. The molecular weight excluding hydrogens is 268 g/mol. The Kier molecular flexibility index (Phi) is 4.83. The van der Waals surface area contributed by atoms with E-state index in [0.29, 0.717) is 5.92 Å². The Labute approximate surface area is 135 Å². The van der Waals surface area contributed by atoms with Gasteiger partial charge in [-0.05, 0) is 50.5 Å². The zero-order valence-corrected chi connectivity index (χ0v) is 14.1. The third kappa shape index (κ3) is 3.35. The van der Waals surface area contributed by atoms with Crippen molar-refractivity contribution in [2.24, 2.45) is 17.8 Å². The van der Waals surface area contributed by atoms with E-state index >= 15 is 0 Å². The highest BCUT2D eigenvalue weighted by Gasteiger charge is 2.40. The third-order valence-electron chi connectivity index (χ3n) is 5.28. The fraction of sp³-hybridized carbons (Fsp3) is 0.524. The molecule has 118 valence electrons. The van der Waals surface area contributed by atoms with E-state index in [0.717, 1.165) is 24.9 Å². The predicted molar refractivity (Wildman–Crippen MR) is 92.6 cm³/mol. The van der Waals surface area contributed by atoms with Gasteiger partial charge in [-0.15, -0.1) is 0 Å². The standard InChI is InChI=1S/C21H28O/c1-15(2)8-7-11-18-12-16(3)19-13-20(18)21(22-14-19)17-9-5-4-6-10-17/h4-6,8-11,16,19-21H,7,12-14H2,1-3H3/b18-11-/t16-,19-,20-,21+/m1/s1. The molecule has 1 saturated carbocycles. The first kappa shape index (κ1) is 15.6. The zero-order chi connectivity index (χ0) is 15.5. The van der Waals surface area contributed by atoms with Crippen LogP contribution in [0.1, 0.15) is 51.7 Å². The van der Waals surface area contributed by atoms with Crippen LogP contribution in [0.15, 0.2) is 53.6 Å². The van der Waals surface area contributed by atoms with E-state index < -0.39 is 0 Å². The van der Waals surface area contributed by atoms with E-state index in [2.05, 4.69) is 63.3 Å². The van der Waals surface area contributed by atoms with Crippen molar-refractivity contribution < 1.29 is 4.74 Å². The quantitative estimate of drug-likeness (QED) is 0.650. The molecule has 0 spiro atoms. The van der Waals surface area contributed by atoms with Crippen LogP contribution in [0.25, 0.3) is 0 Å². The van der Waals surface area contributed by atoms with Gasteiger partial charge in [-0.25, -0.2) is 0 Å². The number of fused-ring (bicyclic) bond motifs is 2. The lowest BCUT2D eigenvalue weighted by Gasteiger charge is -2.45. The Balaban J connectivity index is 1.84. The summed E-state index contributed by atoms with van der Waals surface area (Å²) in [4.78, 5) is 0. The van der Waals surface area contributed by atoms with Crippen molar-refractivity contribution in [2.45, 2.75) is 46.1 Å². The molecular formula is C21H28O. The maximum Gasteiger partial charge on any atom is 0.0890 e. The Bertz CT molecular complexity index is 551. The molecule has 0 radical (unpaired) electrons. The summed E-state index contributed by atoms with van der Waals surface area (Å²) in [5, 5.41) is 0. The highest BCUT2D eigenvalue weighted by molar-refractivity contribution is 5.25. The van der Waals surface area contributed by atoms with E-state index in [1.807, 2.05) is 0 Å². The lowest BCUT2D eigenvalue weighted by Crippen LogP contribution is -2.38. The molecule has 1 aromatic rings. The van der Waals surface area contributed by atoms with E-state index in [9.17, 15) is 0 Å². The van der Waals surface area contributed by atoms with Crippen LogP contribution in [0.3, 0.4) is 0 Å². The summed E-state index contributed by atoms with van der Waals surface area (Å²) in [6.45, 7) is 7.67. The molecule has 1 saturated heterocycles. The molecule has 3 rings (SSSR count). The number of hydrogen-bond donors (Lipinski definition) is 0. The van der Waals surface area contributed by atoms with Crippen molar-refractivity contribution in [3.63, 3.8) is 0 Å². The molecule has 4 atom stereocenters. The Hall–Kier alpha value is -1.34. The van der Waals surface area contributed by atoms with Gasteiger partial charge in [0.25, 0.3) is 0 Å². The van der Waals surface area contributed by atoms with Gasteiger partial charge in [0.15, 0.2) is 0 Å². The Morgan fingerprint density at radius 2 is 2.00 bits per heavy atom. The molecule has 1 heteroatoms. The molecule has 1 nitrogen and oxygen atoms in total. The van der Waals surface area contributed by atoms with Gasteiger partial charge in [0.1, 0.15) is 0 Å². The van der Waals surface area contributed by atoms with Gasteiger partial charge in [-0.3, -0.25) is 0 Å². The summed E-state index contributed by atoms with van der Waals surface area (Å²) >= 11 is 0. The molecule has 1 heterocycles. The minimum absolute atomic E-state index is 0.253. The molecule has 0 aromatic heterocycles. The van der Waals surface area contributed by atoms with Gasteiger partial charge in [0.2, 0.25) is 0 Å². The summed E-state index contributed by atoms with van der Waals surface area (Å²) in [7, 11) is 0. The third-order valence-corrected chi connectivity index (χ3v) is 5.28. The van der Waals surface area contributed by atoms with Crippen molar-refractivity contribution >= 4 is 0 Å². The first-order chi connectivity index (χ1) is 10.6. The predicted octanol–water partition coefficient (Wildman–Crippen LogP) is 5.70. The van der Waals surface area contributed by atoms with Crippen molar-refractivity contribution in [2.75, 3.05) is 6.61 Å². The van der Waals surface area contributed by atoms with Crippen molar-refractivity contribution in [1.29, 1.82) is 0 Å². The highest BCUT2D eigenvalue weighted by Crippen LogP contribution is 2.48. The molecule has 22 heavy (non-hydrogen) atoms. The van der Waals surface area contributed by atoms with Gasteiger partial charge in [0, 0.05) is 5.92 Å². The smallest absolute Gasteiger partial charge is 0.0890 e. The SMILES string of the molecule is CC(C)=CC/C=C1/C[C@@H](C)[C@H]2CO[C@@H](c3ccccc3)[C@@H]1C2. The van der Waals surface area contributed by atoms with Gasteiger partial charge in [-0.1, -0.05) is 60.6 Å². The second kappa shape index (κ2) is 6.83. The lowest BCUT2D eigenvalue weighted by atomic mass is 9.67. The van der Waals surface area contributed by atoms with Crippen LogP contribution in [0, 0.1) is 17.8 Å². The normalized spacial score (nSPS) is 32.8. The lowest BCUT2D eigenvalue weighted by molar-refractivity contribution is -0.0746. The largest absolute Gasteiger partial charge is 0.373 e. The van der Waals surface area contributed by atoms with Gasteiger partial charge >= 0.3 is 0 Å². The number of hydrogen-bond acceptors (Lipinski definition) is 1. The van der Waals surface area contributed by atoms with Crippen LogP contribution in [-0.4, -0.2) is 6.61 Å². The monoisotopic (exact) mass is 296 g/mol. The number of allylic oxidation sites excluding steroid dienone is 3. The molecule has 0 amide bonds. The van der Waals surface area contributed by atoms with Gasteiger partial charge < -0.3 is 4.74 Å². The molecule has 1 aliphatic carbocycles. The Morgan fingerprint density at radius 3 is 2.73 bits per heavy atom. The van der Waals surface area contributed by atoms with Crippen LogP contribution in [-0.2, 0) is 4.74 Å². The Morgan fingerprint density at radius 1 is 1.23 bits per heavy atom. The van der Waals surface area contributed by atoms with Crippen LogP contribution >= 0.6 is 0 Å². The second-order valence-corrected chi connectivity index (χ2v) is 7.24. The average Bonchev–Trinajstić information content (AvgIpc) is 2.53. The maximum absolute atomic E-state index is 6.30. The summed E-state index contributed by atoms with van der Waals surface area (Å²) in [6, 6.07) is 10.8. The topological polar surface area (TPSA) is 9.23 Å². The maximum atomic E-state index is 6.30. The van der Waals surface area contributed by atoms with Crippen molar-refractivity contribution in [1.82, 2.24) is 0 Å². The van der Waals surface area contributed by atoms with Crippen LogP contribution in [0.2, 0.25) is 0 Å². The molecule has 0 N–H and O–H groups in total. The number of rotatable bonds is 3. The highest BCUT2D eigenvalue weighted by atomic mass is 16.5. The summed E-state index contributed by atoms with van der Waals surface area (Å²) in [5.74, 6) is 2.07. The van der Waals surface area contributed by atoms with E-state index in [1.54, 1.807) is 5.57 Å². The second-order valence-electron chi connectivity index (χ2n) is 7.24. The average molecular weight is 296 g/mol. The fourth-order valence-electron chi connectivity index (χ4n) is 3.95. The molecule has 1 aromatic carbocycles. The van der Waals surface area contributed by atoms with Crippen LogP contribution in [0.5, 0.6) is 0 Å².